The quantitative estimate of drug-likeness (QED) is 0.0184. The van der Waals surface area contributed by atoms with Gasteiger partial charge in [-0.15, -0.1) is 5.10 Å². The van der Waals surface area contributed by atoms with Crippen molar-refractivity contribution in [1.82, 2.24) is 20.3 Å². The molecule has 0 unspecified atom stereocenters. The average Bonchev–Trinajstić information content (AvgIpc) is 3.87. The Labute approximate surface area is 435 Å². The summed E-state index contributed by atoms with van der Waals surface area (Å²) >= 11 is 0. The van der Waals surface area contributed by atoms with Gasteiger partial charge in [0, 0.05) is 19.4 Å². The van der Waals surface area contributed by atoms with Crippen LogP contribution in [0.1, 0.15) is 65.6 Å². The molecule has 0 aliphatic heterocycles. The molecule has 4 aromatic carbocycles. The number of hydrogen-bond donors (Lipinski definition) is 3. The first-order valence-electron chi connectivity index (χ1n) is 23.5. The maximum atomic E-state index is 12.4. The Bertz CT molecular complexity index is 2790. The number of nitrogens with zero attached hydrogens (tertiary/aromatic N) is 3. The Kier molecular flexibility index (Phi) is 24.7. The van der Waals surface area contributed by atoms with Crippen molar-refractivity contribution in [2.24, 2.45) is 0 Å². The van der Waals surface area contributed by atoms with Crippen LogP contribution in [-0.2, 0) is 51.4 Å². The van der Waals surface area contributed by atoms with E-state index in [1.807, 2.05) is 25.1 Å². The van der Waals surface area contributed by atoms with Crippen LogP contribution in [0.25, 0.3) is 24.3 Å². The summed E-state index contributed by atoms with van der Waals surface area (Å²) in [5.41, 5.74) is 4.43. The number of amides is 1. The van der Waals surface area contributed by atoms with Gasteiger partial charge in [-0.05, 0) is 108 Å². The Morgan fingerprint density at radius 3 is 1.57 bits per heavy atom. The maximum Gasteiger partial charge on any atom is 0.305 e. The number of carbonyl (C=O) groups is 6. The lowest BCUT2D eigenvalue weighted by molar-refractivity contribution is -0.140. The number of benzene rings is 4. The first kappa shape index (κ1) is 58.7. The first-order valence-corrected chi connectivity index (χ1v) is 23.5. The highest BCUT2D eigenvalue weighted by Gasteiger charge is 2.11. The van der Waals surface area contributed by atoms with Crippen LogP contribution in [0, 0.1) is 6.92 Å². The number of phenols is 2. The molecule has 0 saturated carbocycles. The summed E-state index contributed by atoms with van der Waals surface area (Å²) in [6.07, 6.45) is 13.8. The molecular weight excluding hydrogens is 969 g/mol. The van der Waals surface area contributed by atoms with Crippen LogP contribution in [0.15, 0.2) is 103 Å². The zero-order chi connectivity index (χ0) is 54.5. The molecule has 75 heavy (non-hydrogen) atoms. The maximum absolute atomic E-state index is 12.4. The molecule has 0 atom stereocenters. The van der Waals surface area contributed by atoms with Gasteiger partial charge < -0.3 is 48.7 Å². The molecule has 0 spiro atoms. The molecule has 0 fully saturated rings. The van der Waals surface area contributed by atoms with Crippen molar-refractivity contribution in [2.75, 3.05) is 55.3 Å². The third-order valence-electron chi connectivity index (χ3n) is 10.6. The number of ketones is 4. The molecule has 0 aliphatic carbocycles. The van der Waals surface area contributed by atoms with E-state index in [0.717, 1.165) is 16.9 Å². The van der Waals surface area contributed by atoms with Crippen LogP contribution >= 0.6 is 0 Å². The van der Waals surface area contributed by atoms with Gasteiger partial charge in [-0.25, -0.2) is 4.68 Å². The molecule has 5 aromatic rings. The van der Waals surface area contributed by atoms with E-state index in [4.69, 9.17) is 28.4 Å². The minimum Gasteiger partial charge on any atom is -0.504 e. The van der Waals surface area contributed by atoms with Gasteiger partial charge in [-0.3, -0.25) is 28.8 Å². The van der Waals surface area contributed by atoms with Crippen molar-refractivity contribution in [2.45, 2.75) is 52.2 Å². The topological polar surface area (TPSA) is 250 Å². The van der Waals surface area contributed by atoms with Crippen LogP contribution in [0.4, 0.5) is 0 Å². The summed E-state index contributed by atoms with van der Waals surface area (Å²) in [7, 11) is 7.29. The Morgan fingerprint density at radius 1 is 0.587 bits per heavy atom. The summed E-state index contributed by atoms with van der Waals surface area (Å²) in [4.78, 5) is 71.4. The van der Waals surface area contributed by atoms with Crippen LogP contribution in [-0.4, -0.2) is 116 Å². The first-order chi connectivity index (χ1) is 36.1. The van der Waals surface area contributed by atoms with E-state index in [1.54, 1.807) is 84.8 Å². The highest BCUT2D eigenvalue weighted by Crippen LogP contribution is 2.30. The van der Waals surface area contributed by atoms with Gasteiger partial charge >= 0.3 is 5.97 Å². The van der Waals surface area contributed by atoms with Crippen LogP contribution in [0.3, 0.4) is 0 Å². The molecule has 5 rings (SSSR count). The van der Waals surface area contributed by atoms with Gasteiger partial charge in [0.05, 0.1) is 74.3 Å². The van der Waals surface area contributed by atoms with Crippen LogP contribution < -0.4 is 29.0 Å². The second-order valence-corrected chi connectivity index (χ2v) is 16.2. The standard InChI is InChI=1S/C34H40N4O10.C22H22O5/c1-44-31-19-24(9-13-29(31)41)7-11-27(39)21-28(40)12-8-25-10-14-30(32(20-25)45-2)48-23-26-22-38(37-36-26)16-18-47-17-15-35-33(42)5-4-6-34(43)46-3;1-15-4-5-16(12-21(15)26-2)6-9-18(23)14-19(24)10-7-17-8-11-20(25)22(13-17)27-3/h7-14,19-20,22,41H,4-6,15-18,21,23H2,1-3H3,(H,35,42);4-13,25H,14H2,1-3H3/b11-7+,12-8+;9-6+,10-7+. The number of aromatic hydroxyl groups is 2. The van der Waals surface area contributed by atoms with Crippen LogP contribution in [0.2, 0.25) is 0 Å². The summed E-state index contributed by atoms with van der Waals surface area (Å²) in [6, 6.07) is 20.2. The zero-order valence-electron chi connectivity index (χ0n) is 42.7. The molecule has 0 saturated heterocycles. The smallest absolute Gasteiger partial charge is 0.305 e. The summed E-state index contributed by atoms with van der Waals surface area (Å²) in [5, 5.41) is 30.1. The summed E-state index contributed by atoms with van der Waals surface area (Å²) in [5.74, 6) is 0.466. The fourth-order valence-corrected chi connectivity index (χ4v) is 6.55. The second kappa shape index (κ2) is 31.6. The lowest BCUT2D eigenvalue weighted by Crippen LogP contribution is -2.27. The molecule has 1 heterocycles. The van der Waals surface area contributed by atoms with Gasteiger partial charge in [-0.2, -0.15) is 0 Å². The van der Waals surface area contributed by atoms with Gasteiger partial charge in [-0.1, -0.05) is 59.8 Å². The van der Waals surface area contributed by atoms with Crippen molar-refractivity contribution in [3.05, 3.63) is 137 Å². The van der Waals surface area contributed by atoms with Crippen molar-refractivity contribution >= 4 is 59.3 Å². The van der Waals surface area contributed by atoms with Crippen molar-refractivity contribution in [3.8, 4) is 40.2 Å². The monoisotopic (exact) mass is 1030 g/mol. The molecule has 0 radical (unpaired) electrons. The van der Waals surface area contributed by atoms with Crippen molar-refractivity contribution in [1.29, 1.82) is 0 Å². The highest BCUT2D eigenvalue weighted by molar-refractivity contribution is 6.11. The Balaban J connectivity index is 0.000000380. The fraction of sp³-hybridized carbons (Fsp3) is 0.286. The molecule has 19 nitrogen and oxygen atoms in total. The van der Waals surface area contributed by atoms with E-state index >= 15 is 0 Å². The highest BCUT2D eigenvalue weighted by atomic mass is 16.5. The van der Waals surface area contributed by atoms with E-state index < -0.39 is 0 Å². The molecular formula is C56H62N4O15. The number of hydrogen-bond acceptors (Lipinski definition) is 17. The lowest BCUT2D eigenvalue weighted by atomic mass is 10.1. The molecule has 396 valence electrons. The number of carbonyl (C=O) groups excluding carboxylic acids is 6. The van der Waals surface area contributed by atoms with Gasteiger partial charge in [0.2, 0.25) is 5.91 Å². The summed E-state index contributed by atoms with van der Waals surface area (Å²) in [6.45, 7) is 3.59. The number of aryl methyl sites for hydroxylation is 1. The van der Waals surface area contributed by atoms with E-state index in [-0.39, 0.29) is 84.5 Å². The minimum absolute atomic E-state index is 0.00875. The van der Waals surface area contributed by atoms with Crippen molar-refractivity contribution < 1.29 is 72.1 Å². The number of rotatable bonds is 29. The number of allylic oxidation sites excluding steroid dienone is 4. The summed E-state index contributed by atoms with van der Waals surface area (Å²) < 4.78 is 38.3. The average molecular weight is 1030 g/mol. The predicted octanol–water partition coefficient (Wildman–Crippen LogP) is 7.28. The van der Waals surface area contributed by atoms with E-state index in [1.165, 1.54) is 64.9 Å². The van der Waals surface area contributed by atoms with Gasteiger partial charge in [0.15, 0.2) is 57.6 Å². The SMILES string of the molecule is COC(=O)CCCC(=O)NCCOCCn1cc(COc2ccc(/C=C/C(=O)CC(=O)/C=C/c3ccc(O)c(OC)c3)cc2OC)nn1.COc1cc(/C=C/C(=O)CC(=O)/C=C/c2ccc(O)c(OC)c2)ccc1C. The number of aromatic nitrogens is 3. The number of nitrogens with one attached hydrogen (secondary N) is 1. The molecule has 19 heteroatoms. The van der Waals surface area contributed by atoms with E-state index in [9.17, 15) is 39.0 Å². The third-order valence-corrected chi connectivity index (χ3v) is 10.6. The normalized spacial score (nSPS) is 11.1. The molecule has 1 aromatic heterocycles. The molecule has 1 amide bonds. The second-order valence-electron chi connectivity index (χ2n) is 16.2. The largest absolute Gasteiger partial charge is 0.504 e. The zero-order valence-corrected chi connectivity index (χ0v) is 42.7. The van der Waals surface area contributed by atoms with E-state index in [2.05, 4.69) is 20.4 Å². The Hall–Kier alpha value is -8.84. The van der Waals surface area contributed by atoms with Gasteiger partial charge in [0.25, 0.3) is 0 Å². The van der Waals surface area contributed by atoms with Crippen LogP contribution in [0.5, 0.6) is 40.2 Å². The number of methoxy groups -OCH3 is 5. The van der Waals surface area contributed by atoms with Gasteiger partial charge in [0.1, 0.15) is 18.1 Å². The fourth-order valence-electron chi connectivity index (χ4n) is 6.55. The van der Waals surface area contributed by atoms with Crippen molar-refractivity contribution in [3.63, 3.8) is 0 Å². The third kappa shape index (κ3) is 21.4. The lowest BCUT2D eigenvalue weighted by Gasteiger charge is -2.10. The predicted molar refractivity (Wildman–Crippen MR) is 279 cm³/mol. The molecule has 0 bridgehead atoms. The molecule has 0 aliphatic rings. The molecule has 3 N–H and O–H groups in total. The number of esters is 1. The Morgan fingerprint density at radius 2 is 1.07 bits per heavy atom. The minimum atomic E-state index is -0.366. The number of phenolic OH excluding ortho intramolecular Hbond substituents is 2. The van der Waals surface area contributed by atoms with E-state index in [0.29, 0.717) is 72.4 Å². The number of ether oxygens (including phenoxy) is 7.